The summed E-state index contributed by atoms with van der Waals surface area (Å²) in [6.45, 7) is 6.46. The Balaban J connectivity index is 2.78. The van der Waals surface area contributed by atoms with Crippen molar-refractivity contribution in [3.05, 3.63) is 31.3 Å². The van der Waals surface area contributed by atoms with Crippen LogP contribution < -0.4 is 10.2 Å². The summed E-state index contributed by atoms with van der Waals surface area (Å²) >= 11 is 0. The van der Waals surface area contributed by atoms with Crippen LogP contribution in [-0.2, 0) is 0 Å². The van der Waals surface area contributed by atoms with Gasteiger partial charge in [0.05, 0.1) is 0 Å². The lowest BCUT2D eigenvalue weighted by Crippen LogP contribution is -2.69. The zero-order valence-corrected chi connectivity index (χ0v) is 8.46. The van der Waals surface area contributed by atoms with Gasteiger partial charge >= 0.3 is 0 Å². The third-order valence-corrected chi connectivity index (χ3v) is 2.26. The quantitative estimate of drug-likeness (QED) is 0.547. The van der Waals surface area contributed by atoms with Gasteiger partial charge in [0.2, 0.25) is 0 Å². The lowest BCUT2D eigenvalue weighted by Gasteiger charge is -2.20. The third kappa shape index (κ3) is 2.46. The van der Waals surface area contributed by atoms with E-state index in [0.29, 0.717) is 0 Å². The lowest BCUT2D eigenvalue weighted by atomic mass is 10.2. The first-order valence-electron chi connectivity index (χ1n) is 4.79. The van der Waals surface area contributed by atoms with E-state index in [4.69, 9.17) is 0 Å². The number of quaternary nitrogens is 1. The monoisotopic (exact) mass is 178 g/mol. The number of nitrogens with two attached hydrogens (primary N) is 1. The molecule has 0 saturated carbocycles. The Morgan fingerprint density at radius 1 is 1.15 bits per heavy atom. The van der Waals surface area contributed by atoms with Gasteiger partial charge < -0.3 is 10.2 Å². The van der Waals surface area contributed by atoms with Crippen molar-refractivity contribution in [3.8, 4) is 0 Å². The maximum atomic E-state index is 3.73. The molecule has 2 nitrogen and oxygen atoms in total. The van der Waals surface area contributed by atoms with Crippen molar-refractivity contribution >= 4 is 11.4 Å². The average molecular weight is 178 g/mol. The first-order valence-corrected chi connectivity index (χ1v) is 4.79. The van der Waals surface area contributed by atoms with Crippen molar-refractivity contribution < 1.29 is 5.32 Å². The summed E-state index contributed by atoms with van der Waals surface area (Å²) in [6, 6.07) is 8.48. The maximum Gasteiger partial charge on any atom is 0.103 e. The first-order chi connectivity index (χ1) is 6.31. The van der Waals surface area contributed by atoms with Gasteiger partial charge in [-0.05, 0) is 38.1 Å². The third-order valence-electron chi connectivity index (χ3n) is 2.26. The molecule has 0 bridgehead atoms. The predicted molar refractivity (Wildman–Crippen MR) is 56.9 cm³/mol. The average Bonchev–Trinajstić information content (AvgIpc) is 2.21. The fourth-order valence-electron chi connectivity index (χ4n) is 1.41. The van der Waals surface area contributed by atoms with Crippen LogP contribution in [0.3, 0.4) is 0 Å². The maximum absolute atomic E-state index is 3.73. The standard InChI is InChI=1S/C11H18N2/c1-4-13(5-2)11-8-6-10(12-3)7-9-11/h6-9H,3-5,12H2,1-2H3. The van der Waals surface area contributed by atoms with E-state index in [9.17, 15) is 0 Å². The number of benzene rings is 1. The van der Waals surface area contributed by atoms with Crippen molar-refractivity contribution in [3.63, 3.8) is 0 Å². The second kappa shape index (κ2) is 4.87. The van der Waals surface area contributed by atoms with Crippen molar-refractivity contribution in [2.24, 2.45) is 0 Å². The van der Waals surface area contributed by atoms with E-state index in [1.165, 1.54) is 11.4 Å². The predicted octanol–water partition coefficient (Wildman–Crippen LogP) is 1.52. The molecule has 0 aliphatic heterocycles. The number of nitrogens with zero attached hydrogens (tertiary/aromatic N) is 1. The molecule has 0 aliphatic carbocycles. The topological polar surface area (TPSA) is 19.9 Å². The van der Waals surface area contributed by atoms with Crippen LogP contribution in [-0.4, -0.2) is 13.1 Å². The molecule has 0 aliphatic rings. The number of hydrogen-bond acceptors (Lipinski definition) is 1. The molecule has 0 atom stereocenters. The second-order valence-electron chi connectivity index (χ2n) is 2.97. The zero-order valence-electron chi connectivity index (χ0n) is 8.46. The van der Waals surface area contributed by atoms with E-state index >= 15 is 0 Å². The Morgan fingerprint density at radius 3 is 2.08 bits per heavy atom. The summed E-state index contributed by atoms with van der Waals surface area (Å²) in [5, 5.41) is 1.87. The molecule has 0 heterocycles. The van der Waals surface area contributed by atoms with Crippen molar-refractivity contribution in [1.29, 1.82) is 0 Å². The molecule has 0 radical (unpaired) electrons. The minimum atomic E-state index is 1.06. The molecular weight excluding hydrogens is 160 g/mol. The molecule has 13 heavy (non-hydrogen) atoms. The van der Waals surface area contributed by atoms with Crippen LogP contribution in [0.1, 0.15) is 13.8 Å². The Morgan fingerprint density at radius 2 is 1.69 bits per heavy atom. The Labute approximate surface area is 80.6 Å². The van der Waals surface area contributed by atoms with Gasteiger partial charge in [-0.15, -0.1) is 7.05 Å². The highest BCUT2D eigenvalue weighted by molar-refractivity contribution is 5.50. The first kappa shape index (κ1) is 10.1. The van der Waals surface area contributed by atoms with Gasteiger partial charge in [0.1, 0.15) is 5.69 Å². The van der Waals surface area contributed by atoms with Gasteiger partial charge in [0.15, 0.2) is 0 Å². The number of rotatable bonds is 4. The number of anilines is 1. The molecule has 0 aromatic heterocycles. The van der Waals surface area contributed by atoms with Crippen molar-refractivity contribution in [1.82, 2.24) is 0 Å². The van der Waals surface area contributed by atoms with E-state index < -0.39 is 0 Å². The van der Waals surface area contributed by atoms with Crippen LogP contribution in [0.25, 0.3) is 0 Å². The lowest BCUT2D eigenvalue weighted by molar-refractivity contribution is -0.504. The van der Waals surface area contributed by atoms with Crippen LogP contribution in [0.15, 0.2) is 24.3 Å². The molecule has 2 N–H and O–H groups in total. The van der Waals surface area contributed by atoms with Gasteiger partial charge in [-0.3, -0.25) is 0 Å². The molecule has 0 amide bonds. The van der Waals surface area contributed by atoms with Gasteiger partial charge in [-0.25, -0.2) is 0 Å². The molecular formula is C11H18N2. The Hall–Kier alpha value is -1.02. The van der Waals surface area contributed by atoms with E-state index in [-0.39, 0.29) is 0 Å². The summed E-state index contributed by atoms with van der Waals surface area (Å²) in [6.07, 6.45) is 0. The van der Waals surface area contributed by atoms with Crippen LogP contribution in [0.2, 0.25) is 0 Å². The summed E-state index contributed by atoms with van der Waals surface area (Å²) in [5.74, 6) is 0. The summed E-state index contributed by atoms with van der Waals surface area (Å²) < 4.78 is 0. The van der Waals surface area contributed by atoms with E-state index in [2.05, 4.69) is 50.1 Å². The van der Waals surface area contributed by atoms with E-state index in [1.807, 2.05) is 5.32 Å². The molecule has 0 fully saturated rings. The van der Waals surface area contributed by atoms with Crippen molar-refractivity contribution in [2.45, 2.75) is 13.8 Å². The largest absolute Gasteiger partial charge is 0.446 e. The SMILES string of the molecule is [CH2-][NH2+]c1ccc(N(CC)CC)cc1. The molecule has 1 aromatic carbocycles. The molecule has 0 spiro atoms. The summed E-state index contributed by atoms with van der Waals surface area (Å²) in [4.78, 5) is 2.33. The highest BCUT2D eigenvalue weighted by atomic mass is 15.1. The Kier molecular flexibility index (Phi) is 3.77. The number of hydrogen-bond donors (Lipinski definition) is 1. The Bertz CT molecular complexity index is 237. The van der Waals surface area contributed by atoms with Crippen LogP contribution in [0.4, 0.5) is 11.4 Å². The fraction of sp³-hybridized carbons (Fsp3) is 0.364. The van der Waals surface area contributed by atoms with Crippen molar-refractivity contribution in [2.75, 3.05) is 18.0 Å². The van der Waals surface area contributed by atoms with Gasteiger partial charge in [0.25, 0.3) is 0 Å². The summed E-state index contributed by atoms with van der Waals surface area (Å²) in [5.41, 5.74) is 2.46. The van der Waals surface area contributed by atoms with Crippen LogP contribution in [0, 0.1) is 7.05 Å². The highest BCUT2D eigenvalue weighted by Gasteiger charge is 2.00. The smallest absolute Gasteiger partial charge is 0.103 e. The van der Waals surface area contributed by atoms with E-state index in [0.717, 1.165) is 13.1 Å². The minimum Gasteiger partial charge on any atom is -0.446 e. The molecule has 0 saturated heterocycles. The molecule has 1 rings (SSSR count). The van der Waals surface area contributed by atoms with Gasteiger partial charge in [-0.2, -0.15) is 0 Å². The van der Waals surface area contributed by atoms with Gasteiger partial charge in [0, 0.05) is 18.8 Å². The normalized spacial score (nSPS) is 10.1. The van der Waals surface area contributed by atoms with Crippen LogP contribution in [0.5, 0.6) is 0 Å². The summed E-state index contributed by atoms with van der Waals surface area (Å²) in [7, 11) is 3.73. The van der Waals surface area contributed by atoms with Gasteiger partial charge in [-0.1, -0.05) is 0 Å². The molecule has 72 valence electrons. The minimum absolute atomic E-state index is 1.06. The molecule has 0 unspecified atom stereocenters. The molecule has 2 heteroatoms. The van der Waals surface area contributed by atoms with E-state index in [1.54, 1.807) is 0 Å². The zero-order chi connectivity index (χ0) is 9.68. The second-order valence-corrected chi connectivity index (χ2v) is 2.97. The molecule has 1 aromatic rings. The van der Waals surface area contributed by atoms with Crippen LogP contribution >= 0.6 is 0 Å². The fourth-order valence-corrected chi connectivity index (χ4v) is 1.41. The highest BCUT2D eigenvalue weighted by Crippen LogP contribution is 2.14.